The standard InChI is InChI=1S/C20H29F3O7S.C19H32O2.C18H13S.C16H24O.C12H16O3.C10H16O4/c1-4-17(2,3)15(24)30-19-8-12-5-13(9-19)7-18(6-12,11-19)16(25)29-14(20(21,22)23)10-31(26,27)28;1-6-17(2,3)16(20)21-18(4,5)19-10-13-7-14(11-19)9-15(8-13)12-19;1-2-8-14(9-3-1)19-17-12-6-4-10-15(17)16-11-5-7-13-18(16)19;1-4-13(2)14-7-9-15(10-8-14)17-16(3)11-5-6-12-16;1-4-12(2,3)11(14)15-10-7-5-9(13)6-8-10;1-4-10(2,3)9(12)14-7-5-6-13-8(7)11/h12-14H,4-11H2,1-3H3,(H,26,27,28);13-15H,6-12H2,1-5H3;1-13H;7-10,13H,4-6,11-12H2,1-3H3;5-8,13H,4H2,1-3H3;7H,4-6H2,1-3H3/q;;+1;;;/p-1. The molecule has 5 aromatic carbocycles. The Balaban J connectivity index is 0.000000164. The van der Waals surface area contributed by atoms with E-state index in [-0.39, 0.29) is 74.4 Å². The van der Waals surface area contributed by atoms with Crippen molar-refractivity contribution in [3.8, 4) is 22.1 Å². The molecule has 1 aromatic heterocycles. The summed E-state index contributed by atoms with van der Waals surface area (Å²) in [6, 6.07) is 43.2. The molecule has 6 aromatic rings. The van der Waals surface area contributed by atoms with E-state index in [2.05, 4.69) is 149 Å². The molecule has 22 heteroatoms. The third-order valence-electron chi connectivity index (χ3n) is 26.9. The van der Waals surface area contributed by atoms with Crippen molar-refractivity contribution in [1.29, 1.82) is 0 Å². The van der Waals surface area contributed by atoms with Crippen LogP contribution >= 0.6 is 10.5 Å². The van der Waals surface area contributed by atoms with Gasteiger partial charge in [-0.3, -0.25) is 24.0 Å². The Morgan fingerprint density at radius 2 is 1.05 bits per heavy atom. The smallest absolute Gasteiger partial charge is 0.426 e. The fourth-order valence-corrected chi connectivity index (χ4v) is 21.3. The van der Waals surface area contributed by atoms with Crippen LogP contribution in [0.5, 0.6) is 17.2 Å². The van der Waals surface area contributed by atoms with E-state index in [0.717, 1.165) is 42.8 Å². The van der Waals surface area contributed by atoms with E-state index in [9.17, 15) is 54.9 Å². The minimum Gasteiger partial charge on any atom is -0.748 e. The van der Waals surface area contributed by atoms with Crippen LogP contribution in [0.2, 0.25) is 0 Å². The second kappa shape index (κ2) is 37.6. The molecule has 9 saturated carbocycles. The van der Waals surface area contributed by atoms with Crippen LogP contribution in [0.3, 0.4) is 0 Å². The van der Waals surface area contributed by atoms with Crippen molar-refractivity contribution in [2.75, 3.05) is 12.4 Å². The van der Waals surface area contributed by atoms with Gasteiger partial charge < -0.3 is 42.8 Å². The van der Waals surface area contributed by atoms with Gasteiger partial charge in [0.15, 0.2) is 14.3 Å². The summed E-state index contributed by atoms with van der Waals surface area (Å²) in [4.78, 5) is 73.9. The number of ether oxygens (including phenoxy) is 7. The molecule has 10 fully saturated rings. The van der Waals surface area contributed by atoms with Crippen molar-refractivity contribution >= 4 is 76.6 Å². The molecule has 0 radical (unpaired) electrons. The number of carbonyl (C=O) groups excluding carboxylic acids is 6. The van der Waals surface area contributed by atoms with Crippen molar-refractivity contribution in [2.45, 2.75) is 300 Å². The number of fused-ring (bicyclic) bond motifs is 3. The number of thiophene rings is 1. The summed E-state index contributed by atoms with van der Waals surface area (Å²) in [6.45, 7) is 34.0. The summed E-state index contributed by atoms with van der Waals surface area (Å²) in [5.41, 5.74) is -2.88. The summed E-state index contributed by atoms with van der Waals surface area (Å²) in [7, 11) is -5.21. The Kier molecular flexibility index (Phi) is 30.0. The van der Waals surface area contributed by atoms with E-state index in [1.807, 2.05) is 48.5 Å². The van der Waals surface area contributed by atoms with Gasteiger partial charge in [0.1, 0.15) is 34.1 Å². The summed E-state index contributed by atoms with van der Waals surface area (Å²) in [5.74, 6) is 0.518. The van der Waals surface area contributed by atoms with Crippen LogP contribution in [0.4, 0.5) is 13.2 Å². The minimum absolute atomic E-state index is 0.00100. The lowest BCUT2D eigenvalue weighted by molar-refractivity contribution is -0.239. The first-order valence-electron chi connectivity index (χ1n) is 42.5. The lowest BCUT2D eigenvalue weighted by Crippen LogP contribution is -2.61. The zero-order valence-corrected chi connectivity index (χ0v) is 73.8. The number of hydrogen-bond donors (Lipinski definition) is 1. The maximum absolute atomic E-state index is 13.3. The molecule has 2 heterocycles. The lowest BCUT2D eigenvalue weighted by Gasteiger charge is -2.61. The van der Waals surface area contributed by atoms with E-state index < -0.39 is 79.4 Å². The highest BCUT2D eigenvalue weighted by Gasteiger charge is 2.65. The number of rotatable bonds is 22. The zero-order valence-electron chi connectivity index (χ0n) is 72.1. The van der Waals surface area contributed by atoms with E-state index in [1.165, 1.54) is 113 Å². The molecule has 1 N–H and O–H groups in total. The number of cyclic esters (lactones) is 1. The van der Waals surface area contributed by atoms with Gasteiger partial charge in [-0.1, -0.05) is 96.1 Å². The molecular formula is C95H129F3O17S2. The van der Waals surface area contributed by atoms with Crippen LogP contribution in [0.25, 0.3) is 25.1 Å². The average Bonchev–Trinajstić information content (AvgIpc) is 1.45. The van der Waals surface area contributed by atoms with Crippen LogP contribution in [0.1, 0.15) is 270 Å². The van der Waals surface area contributed by atoms with Crippen LogP contribution in [-0.2, 0) is 62.6 Å². The number of alkyl halides is 3. The molecule has 17 nitrogen and oxygen atoms in total. The lowest BCUT2D eigenvalue weighted by atomic mass is 9.46. The molecule has 10 aliphatic rings. The minimum atomic E-state index is -5.27. The molecule has 16 rings (SSSR count). The van der Waals surface area contributed by atoms with Crippen LogP contribution in [0, 0.1) is 62.1 Å². The molecule has 1 aliphatic heterocycles. The maximum atomic E-state index is 13.3. The molecule has 9 aliphatic carbocycles. The van der Waals surface area contributed by atoms with Gasteiger partial charge in [-0.2, -0.15) is 13.2 Å². The van der Waals surface area contributed by atoms with Crippen LogP contribution < -0.4 is 9.47 Å². The fraction of sp³-hybridized carbons (Fsp3) is 0.621. The van der Waals surface area contributed by atoms with Gasteiger partial charge in [0.25, 0.3) is 0 Å². The fourth-order valence-electron chi connectivity index (χ4n) is 18.3. The predicted molar refractivity (Wildman–Crippen MR) is 451 cm³/mol. The van der Waals surface area contributed by atoms with Gasteiger partial charge in [-0.25, -0.2) is 13.2 Å². The molecule has 5 unspecified atom stereocenters. The SMILES string of the molecule is CCC(C)(C)C(=O)OC(C)(C)C12CC3CC(CC(C3)C1)C2.CCC(C)(C)C(=O)OC12CC3CC(C1)CC(C(=O)OC(CS(=O)(=O)[O-])C(F)(F)F)(C3)C2.CCC(C)(C)C(=O)OC1CCOC1=O.CCC(C)(C)C(=O)Oc1ccc(O)cc1.CCC(C)c1ccc(OC2(C)CCCC2)cc1.c1ccc(-[s+]2c3ccccc3c3ccccc32)cc1. The Hall–Kier alpha value is -7.56. The number of aromatic hydroxyl groups is 1. The molecule has 1 saturated heterocycles. The first kappa shape index (κ1) is 93.3. The van der Waals surface area contributed by atoms with Crippen molar-refractivity contribution in [3.05, 3.63) is 133 Å². The number of esters is 6. The highest BCUT2D eigenvalue weighted by Crippen LogP contribution is 2.66. The van der Waals surface area contributed by atoms with Gasteiger partial charge in [0.2, 0.25) is 12.2 Å². The molecule has 0 amide bonds. The van der Waals surface area contributed by atoms with E-state index in [4.69, 9.17) is 33.5 Å². The molecule has 0 spiro atoms. The second-order valence-corrected chi connectivity index (χ2v) is 41.4. The van der Waals surface area contributed by atoms with Crippen LogP contribution in [-0.4, -0.2) is 101 Å². The highest BCUT2D eigenvalue weighted by molar-refractivity contribution is 7.85. The third-order valence-corrected chi connectivity index (χ3v) is 29.9. The van der Waals surface area contributed by atoms with Crippen molar-refractivity contribution < 1.29 is 93.2 Å². The Morgan fingerprint density at radius 1 is 0.590 bits per heavy atom. The normalized spacial score (nSPS) is 24.7. The van der Waals surface area contributed by atoms with Gasteiger partial charge in [0, 0.05) is 39.5 Å². The van der Waals surface area contributed by atoms with E-state index in [1.54, 1.807) is 39.8 Å². The number of benzene rings is 5. The predicted octanol–water partition coefficient (Wildman–Crippen LogP) is 22.9. The zero-order chi connectivity index (χ0) is 86.1. The summed E-state index contributed by atoms with van der Waals surface area (Å²) in [6.07, 6.45) is 11.2. The topological polar surface area (TPSA) is 244 Å². The summed E-state index contributed by atoms with van der Waals surface area (Å²) in [5, 5.41) is 11.8. The Morgan fingerprint density at radius 3 is 1.52 bits per heavy atom. The van der Waals surface area contributed by atoms with Gasteiger partial charge in [0.05, 0.1) is 49.6 Å². The molecule has 8 bridgehead atoms. The summed E-state index contributed by atoms with van der Waals surface area (Å²) < 4.78 is 113. The first-order valence-corrected chi connectivity index (χ1v) is 45.3. The quantitative estimate of drug-likeness (QED) is 0.0218. The number of phenols is 1. The van der Waals surface area contributed by atoms with Crippen molar-refractivity contribution in [1.82, 2.24) is 0 Å². The van der Waals surface area contributed by atoms with Gasteiger partial charge >= 0.3 is 42.0 Å². The van der Waals surface area contributed by atoms with Crippen molar-refractivity contribution in [3.63, 3.8) is 0 Å². The number of halogens is 3. The van der Waals surface area contributed by atoms with E-state index in [0.29, 0.717) is 63.2 Å². The number of phenolic OH excluding ortho intramolecular Hbond substituents is 1. The van der Waals surface area contributed by atoms with Gasteiger partial charge in [-0.05, 0) is 318 Å². The van der Waals surface area contributed by atoms with Gasteiger partial charge in [-0.15, -0.1) is 0 Å². The third kappa shape index (κ3) is 23.3. The van der Waals surface area contributed by atoms with Crippen molar-refractivity contribution in [2.24, 2.45) is 62.1 Å². The van der Waals surface area contributed by atoms with Crippen LogP contribution in [0.15, 0.2) is 127 Å². The molecular weight excluding hydrogens is 1530 g/mol. The number of hydrogen-bond acceptors (Lipinski definition) is 17. The first-order chi connectivity index (χ1) is 54.7. The molecule has 117 heavy (non-hydrogen) atoms. The highest BCUT2D eigenvalue weighted by atomic mass is 32.2. The Bertz CT molecular complexity index is 4390. The van der Waals surface area contributed by atoms with E-state index >= 15 is 0 Å². The summed E-state index contributed by atoms with van der Waals surface area (Å²) >= 11 is 0. The molecule has 644 valence electrons. The Labute approximate surface area is 695 Å². The average molecular weight is 1660 g/mol. The second-order valence-electron chi connectivity index (χ2n) is 38.0. The maximum Gasteiger partial charge on any atom is 0.426 e. The largest absolute Gasteiger partial charge is 0.748 e. The monoisotopic (exact) mass is 1660 g/mol. The number of carbonyl (C=O) groups is 6. The molecule has 5 atom stereocenters.